The second-order valence-corrected chi connectivity index (χ2v) is 9.11. The number of methoxy groups -OCH3 is 1. The van der Waals surface area contributed by atoms with Gasteiger partial charge in [-0.3, -0.25) is 4.79 Å². The number of hydrogen-bond donors (Lipinski definition) is 1. The number of anilines is 2. The van der Waals surface area contributed by atoms with Crippen LogP contribution in [-0.4, -0.2) is 62.0 Å². The Morgan fingerprint density at radius 1 is 1.06 bits per heavy atom. The molecule has 3 heterocycles. The monoisotopic (exact) mass is 485 g/mol. The van der Waals surface area contributed by atoms with Gasteiger partial charge in [-0.25, -0.2) is 4.98 Å². The van der Waals surface area contributed by atoms with Crippen LogP contribution < -0.4 is 15.0 Å². The number of ether oxygens (including phenoxy) is 1. The summed E-state index contributed by atoms with van der Waals surface area (Å²) in [7, 11) is 7.68. The fourth-order valence-electron chi connectivity index (χ4n) is 4.63. The summed E-state index contributed by atoms with van der Waals surface area (Å²) in [6, 6.07) is 22.4. The molecule has 0 saturated carbocycles. The Balaban J connectivity index is 0.000000233. The molecule has 188 valence electrons. The van der Waals surface area contributed by atoms with Gasteiger partial charge in [0.05, 0.1) is 12.6 Å². The van der Waals surface area contributed by atoms with Crippen molar-refractivity contribution in [3.63, 3.8) is 0 Å². The number of imidazole rings is 1. The van der Waals surface area contributed by atoms with E-state index in [2.05, 4.69) is 51.1 Å². The first-order valence-corrected chi connectivity index (χ1v) is 12.3. The minimum atomic E-state index is 0.248. The number of hydrogen-bond acceptors (Lipinski definition) is 5. The smallest absolute Gasteiger partial charge is 0.209 e. The Bertz CT molecular complexity index is 1280. The third-order valence-electron chi connectivity index (χ3n) is 6.58. The van der Waals surface area contributed by atoms with E-state index in [9.17, 15) is 4.79 Å². The molecule has 0 bridgehead atoms. The van der Waals surface area contributed by atoms with Gasteiger partial charge in [-0.15, -0.1) is 0 Å². The van der Waals surface area contributed by atoms with Gasteiger partial charge in [0.2, 0.25) is 6.41 Å². The quantitative estimate of drug-likeness (QED) is 0.383. The second-order valence-electron chi connectivity index (χ2n) is 9.11. The zero-order chi connectivity index (χ0) is 25.5. The summed E-state index contributed by atoms with van der Waals surface area (Å²) in [5, 5.41) is 3.07. The summed E-state index contributed by atoms with van der Waals surface area (Å²) in [6.45, 7) is 1.56. The lowest BCUT2D eigenvalue weighted by Gasteiger charge is -2.29. The molecule has 0 unspecified atom stereocenters. The van der Waals surface area contributed by atoms with E-state index in [1.807, 2.05) is 62.4 Å². The molecule has 1 aliphatic heterocycles. The topological polar surface area (TPSA) is 62.1 Å². The molecule has 1 N–H and O–H groups in total. The number of rotatable bonds is 6. The molecular formula is C29H35N5O2. The van der Waals surface area contributed by atoms with Crippen molar-refractivity contribution < 1.29 is 9.53 Å². The van der Waals surface area contributed by atoms with Crippen LogP contribution in [0.1, 0.15) is 24.6 Å². The first kappa shape index (κ1) is 25.1. The van der Waals surface area contributed by atoms with E-state index in [-0.39, 0.29) is 5.92 Å². The minimum Gasteiger partial charge on any atom is -0.496 e. The highest BCUT2D eigenvalue weighted by molar-refractivity contribution is 5.81. The molecule has 0 spiro atoms. The molecule has 1 amide bonds. The van der Waals surface area contributed by atoms with Crippen molar-refractivity contribution >= 4 is 23.3 Å². The van der Waals surface area contributed by atoms with Crippen LogP contribution >= 0.6 is 0 Å². The van der Waals surface area contributed by atoms with Crippen LogP contribution in [0.5, 0.6) is 5.75 Å². The van der Waals surface area contributed by atoms with Gasteiger partial charge >= 0.3 is 0 Å². The molecule has 0 aliphatic carbocycles. The first-order chi connectivity index (χ1) is 17.5. The molecule has 2 aromatic carbocycles. The SMILES string of the molecule is CNc1ccc(N(C)C)cc1.COc1ccccc1-c1nc([C@H]2CCCN(C=O)C2)n2ccccc12. The van der Waals surface area contributed by atoms with Gasteiger partial charge in [-0.1, -0.05) is 18.2 Å². The summed E-state index contributed by atoms with van der Waals surface area (Å²) in [5.74, 6) is 2.08. The van der Waals surface area contributed by atoms with Crippen molar-refractivity contribution in [3.05, 3.63) is 78.8 Å². The van der Waals surface area contributed by atoms with Crippen LogP contribution in [0.25, 0.3) is 16.8 Å². The number of carbonyl (C=O) groups excluding carboxylic acids is 1. The van der Waals surface area contributed by atoms with E-state index in [0.717, 1.165) is 66.4 Å². The van der Waals surface area contributed by atoms with Crippen molar-refractivity contribution in [2.45, 2.75) is 18.8 Å². The van der Waals surface area contributed by atoms with Crippen molar-refractivity contribution in [3.8, 4) is 17.0 Å². The number of nitrogens with one attached hydrogen (secondary N) is 1. The van der Waals surface area contributed by atoms with Gasteiger partial charge in [-0.05, 0) is 61.4 Å². The molecule has 1 saturated heterocycles. The predicted octanol–water partition coefficient (Wildman–Crippen LogP) is 5.14. The van der Waals surface area contributed by atoms with Crippen LogP contribution in [0.15, 0.2) is 72.9 Å². The number of piperidine rings is 1. The number of nitrogens with zero attached hydrogens (tertiary/aromatic N) is 4. The van der Waals surface area contributed by atoms with E-state index >= 15 is 0 Å². The minimum absolute atomic E-state index is 0.248. The highest BCUT2D eigenvalue weighted by atomic mass is 16.5. The average Bonchev–Trinajstić information content (AvgIpc) is 3.33. The summed E-state index contributed by atoms with van der Waals surface area (Å²) in [5.41, 5.74) is 5.35. The lowest BCUT2D eigenvalue weighted by atomic mass is 9.97. The van der Waals surface area contributed by atoms with Crippen LogP contribution in [0.2, 0.25) is 0 Å². The maximum absolute atomic E-state index is 11.2. The molecule has 1 aliphatic rings. The molecular weight excluding hydrogens is 450 g/mol. The van der Waals surface area contributed by atoms with E-state index in [4.69, 9.17) is 9.72 Å². The number of amides is 1. The zero-order valence-corrected chi connectivity index (χ0v) is 21.5. The van der Waals surface area contributed by atoms with E-state index < -0.39 is 0 Å². The Kier molecular flexibility index (Phi) is 8.10. The number of para-hydroxylation sites is 1. The lowest BCUT2D eigenvalue weighted by molar-refractivity contribution is -0.119. The molecule has 4 aromatic rings. The number of aromatic nitrogens is 2. The van der Waals surface area contributed by atoms with Crippen LogP contribution in [-0.2, 0) is 4.79 Å². The molecule has 1 fully saturated rings. The number of fused-ring (bicyclic) bond motifs is 1. The van der Waals surface area contributed by atoms with Gasteiger partial charge in [0.15, 0.2) is 0 Å². The standard InChI is InChI=1S/C20H21N3O2.C9H14N2/c1-25-18-10-3-2-8-16(18)19-17-9-4-5-12-23(17)20(21-19)15-7-6-11-22(13-15)14-24;1-10-8-4-6-9(7-5-8)11(2)3/h2-5,8-10,12,14-15H,6-7,11,13H2,1H3;4-7,10H,1-3H3/t15-;/m0./s1. The van der Waals surface area contributed by atoms with Gasteiger partial charge in [0.25, 0.3) is 0 Å². The number of pyridine rings is 1. The molecule has 0 radical (unpaired) electrons. The van der Waals surface area contributed by atoms with Crippen LogP contribution in [0, 0.1) is 0 Å². The lowest BCUT2D eigenvalue weighted by Crippen LogP contribution is -2.33. The van der Waals surface area contributed by atoms with E-state index in [0.29, 0.717) is 0 Å². The zero-order valence-electron chi connectivity index (χ0n) is 21.5. The molecule has 2 aromatic heterocycles. The van der Waals surface area contributed by atoms with E-state index in [1.54, 1.807) is 7.11 Å². The first-order valence-electron chi connectivity index (χ1n) is 12.3. The van der Waals surface area contributed by atoms with Crippen molar-refractivity contribution in [1.82, 2.24) is 14.3 Å². The maximum Gasteiger partial charge on any atom is 0.209 e. The van der Waals surface area contributed by atoms with Gasteiger partial charge < -0.3 is 24.3 Å². The highest BCUT2D eigenvalue weighted by Crippen LogP contribution is 2.35. The fraction of sp³-hybridized carbons (Fsp3) is 0.310. The Hall–Kier alpha value is -4.00. The predicted molar refractivity (Wildman–Crippen MR) is 147 cm³/mol. The van der Waals surface area contributed by atoms with Crippen LogP contribution in [0.4, 0.5) is 11.4 Å². The molecule has 1 atom stereocenters. The van der Waals surface area contributed by atoms with Gasteiger partial charge in [0.1, 0.15) is 17.3 Å². The summed E-state index contributed by atoms with van der Waals surface area (Å²) in [4.78, 5) is 20.1. The molecule has 5 rings (SSSR count). The van der Waals surface area contributed by atoms with Crippen molar-refractivity contribution in [2.75, 3.05) is 51.6 Å². The Morgan fingerprint density at radius 3 is 2.50 bits per heavy atom. The van der Waals surface area contributed by atoms with Crippen molar-refractivity contribution in [1.29, 1.82) is 0 Å². The van der Waals surface area contributed by atoms with E-state index in [1.165, 1.54) is 5.69 Å². The molecule has 7 nitrogen and oxygen atoms in total. The summed E-state index contributed by atoms with van der Waals surface area (Å²) < 4.78 is 7.69. The third kappa shape index (κ3) is 5.46. The Morgan fingerprint density at radius 2 is 1.81 bits per heavy atom. The highest BCUT2D eigenvalue weighted by Gasteiger charge is 2.26. The largest absolute Gasteiger partial charge is 0.496 e. The summed E-state index contributed by atoms with van der Waals surface area (Å²) >= 11 is 0. The van der Waals surface area contributed by atoms with Gasteiger partial charge in [-0.2, -0.15) is 0 Å². The van der Waals surface area contributed by atoms with Gasteiger partial charge in [0, 0.05) is 63.3 Å². The van der Waals surface area contributed by atoms with Crippen molar-refractivity contribution in [2.24, 2.45) is 0 Å². The molecule has 36 heavy (non-hydrogen) atoms. The maximum atomic E-state index is 11.2. The number of likely N-dealkylation sites (tertiary alicyclic amines) is 1. The average molecular weight is 486 g/mol. The Labute approximate surface area is 213 Å². The molecule has 7 heteroatoms. The third-order valence-corrected chi connectivity index (χ3v) is 6.58. The second kappa shape index (κ2) is 11.6. The number of benzene rings is 2. The fourth-order valence-corrected chi connectivity index (χ4v) is 4.63. The van der Waals surface area contributed by atoms with Crippen LogP contribution in [0.3, 0.4) is 0 Å². The summed E-state index contributed by atoms with van der Waals surface area (Å²) in [6.07, 6.45) is 5.05. The normalized spacial score (nSPS) is 15.1. The number of carbonyl (C=O) groups is 1.